The van der Waals surface area contributed by atoms with Crippen LogP contribution in [0.15, 0.2) is 24.3 Å². The monoisotopic (exact) mass is 293 g/mol. The lowest BCUT2D eigenvalue weighted by Crippen LogP contribution is -2.37. The maximum Gasteiger partial charge on any atom is 0.310 e. The Hall–Kier alpha value is -2.04. The van der Waals surface area contributed by atoms with Gasteiger partial charge in [-0.05, 0) is 30.5 Å². The summed E-state index contributed by atoms with van der Waals surface area (Å²) >= 11 is 0. The topological polar surface area (TPSA) is 77.8 Å². The summed E-state index contributed by atoms with van der Waals surface area (Å²) < 4.78 is 0. The first kappa shape index (κ1) is 17.0. The molecule has 2 N–H and O–H groups in total. The van der Waals surface area contributed by atoms with E-state index in [1.165, 1.54) is 4.90 Å². The van der Waals surface area contributed by atoms with Gasteiger partial charge in [0.25, 0.3) is 0 Å². The number of amides is 1. The predicted octanol–water partition coefficient (Wildman–Crippen LogP) is 2.63. The van der Waals surface area contributed by atoms with Gasteiger partial charge in [0.1, 0.15) is 5.75 Å². The van der Waals surface area contributed by atoms with Gasteiger partial charge < -0.3 is 15.1 Å². The van der Waals surface area contributed by atoms with E-state index in [2.05, 4.69) is 0 Å². The minimum absolute atomic E-state index is 0.00928. The average molecular weight is 293 g/mol. The molecule has 0 saturated carbocycles. The number of nitrogens with zero attached hydrogens (tertiary/aromatic N) is 1. The highest BCUT2D eigenvalue weighted by molar-refractivity contribution is 5.84. The molecule has 0 spiro atoms. The second kappa shape index (κ2) is 7.11. The van der Waals surface area contributed by atoms with Gasteiger partial charge in [0.05, 0.1) is 5.41 Å². The van der Waals surface area contributed by atoms with Crippen molar-refractivity contribution >= 4 is 11.9 Å². The lowest BCUT2D eigenvalue weighted by Gasteiger charge is -2.28. The normalized spacial score (nSPS) is 11.2. The van der Waals surface area contributed by atoms with Gasteiger partial charge in [-0.3, -0.25) is 9.59 Å². The molecular formula is C16H23NO4. The molecule has 21 heavy (non-hydrogen) atoms. The number of phenols is 1. The maximum atomic E-state index is 12.3. The Kier molecular flexibility index (Phi) is 5.76. The number of carbonyl (C=O) groups excluding carboxylic acids is 1. The molecule has 1 amide bonds. The minimum Gasteiger partial charge on any atom is -0.508 e. The highest BCUT2D eigenvalue weighted by atomic mass is 16.4. The second-order valence-corrected chi connectivity index (χ2v) is 5.39. The number of benzene rings is 1. The fourth-order valence-electron chi connectivity index (χ4n) is 2.32. The minimum atomic E-state index is -0.996. The van der Waals surface area contributed by atoms with Crippen LogP contribution in [0.25, 0.3) is 0 Å². The van der Waals surface area contributed by atoms with Crippen LogP contribution in [0.4, 0.5) is 0 Å². The molecular weight excluding hydrogens is 270 g/mol. The average Bonchev–Trinajstić information content (AvgIpc) is 2.44. The van der Waals surface area contributed by atoms with Gasteiger partial charge in [0.15, 0.2) is 0 Å². The first-order valence-electron chi connectivity index (χ1n) is 7.10. The highest BCUT2D eigenvalue weighted by Crippen LogP contribution is 2.31. The summed E-state index contributed by atoms with van der Waals surface area (Å²) in [7, 11) is 1.64. The molecule has 0 radical (unpaired) electrons. The van der Waals surface area contributed by atoms with E-state index in [1.807, 2.05) is 6.07 Å². The Balaban J connectivity index is 2.76. The molecule has 0 aromatic heterocycles. The number of hydrogen-bond acceptors (Lipinski definition) is 3. The van der Waals surface area contributed by atoms with E-state index < -0.39 is 11.4 Å². The molecule has 0 bridgehead atoms. The molecule has 0 heterocycles. The first-order valence-corrected chi connectivity index (χ1v) is 7.10. The SMILES string of the molecule is CCC(CC)(CC(=O)N(C)Cc1cccc(O)c1)C(=O)O. The smallest absolute Gasteiger partial charge is 0.310 e. The maximum absolute atomic E-state index is 12.3. The standard InChI is InChI=1S/C16H23NO4/c1-4-16(5-2,15(20)21)10-14(19)17(3)11-12-7-6-8-13(18)9-12/h6-9,18H,4-5,10-11H2,1-3H3,(H,20,21). The molecule has 0 saturated heterocycles. The van der Waals surface area contributed by atoms with E-state index in [0.717, 1.165) is 5.56 Å². The zero-order valence-corrected chi connectivity index (χ0v) is 12.8. The first-order chi connectivity index (χ1) is 9.84. The number of carboxylic acids is 1. The molecule has 0 fully saturated rings. The van der Waals surface area contributed by atoms with E-state index >= 15 is 0 Å². The lowest BCUT2D eigenvalue weighted by molar-refractivity contribution is -0.154. The third kappa shape index (κ3) is 4.21. The van der Waals surface area contributed by atoms with E-state index in [0.29, 0.717) is 19.4 Å². The lowest BCUT2D eigenvalue weighted by atomic mass is 9.79. The van der Waals surface area contributed by atoms with Gasteiger partial charge in [-0.1, -0.05) is 26.0 Å². The van der Waals surface area contributed by atoms with Crippen LogP contribution in [-0.2, 0) is 16.1 Å². The third-order valence-corrected chi connectivity index (χ3v) is 4.05. The molecule has 0 unspecified atom stereocenters. The summed E-state index contributed by atoms with van der Waals surface area (Å²) in [5.41, 5.74) is -0.191. The van der Waals surface area contributed by atoms with Crippen LogP contribution >= 0.6 is 0 Å². The van der Waals surface area contributed by atoms with Crippen molar-refractivity contribution < 1.29 is 19.8 Å². The van der Waals surface area contributed by atoms with Gasteiger partial charge in [-0.2, -0.15) is 0 Å². The van der Waals surface area contributed by atoms with E-state index in [9.17, 15) is 19.8 Å². The summed E-state index contributed by atoms with van der Waals surface area (Å²) in [4.78, 5) is 25.2. The van der Waals surface area contributed by atoms with Crippen LogP contribution in [0.3, 0.4) is 0 Å². The summed E-state index contributed by atoms with van der Waals surface area (Å²) in [6, 6.07) is 6.68. The van der Waals surface area contributed by atoms with Crippen molar-refractivity contribution in [2.24, 2.45) is 5.41 Å². The number of carboxylic acid groups (broad SMARTS) is 1. The van der Waals surface area contributed by atoms with Crippen molar-refractivity contribution in [3.05, 3.63) is 29.8 Å². The largest absolute Gasteiger partial charge is 0.508 e. The fourth-order valence-corrected chi connectivity index (χ4v) is 2.32. The summed E-state index contributed by atoms with van der Waals surface area (Å²) in [6.07, 6.45) is 0.833. The van der Waals surface area contributed by atoms with E-state index in [1.54, 1.807) is 39.1 Å². The molecule has 1 aromatic carbocycles. The Bertz CT molecular complexity index is 509. The summed E-state index contributed by atoms with van der Waals surface area (Å²) in [5.74, 6) is -0.980. The van der Waals surface area contributed by atoms with Gasteiger partial charge in [0, 0.05) is 20.0 Å². The van der Waals surface area contributed by atoms with Crippen molar-refractivity contribution in [1.29, 1.82) is 0 Å². The molecule has 0 aliphatic carbocycles. The second-order valence-electron chi connectivity index (χ2n) is 5.39. The Morgan fingerprint density at radius 1 is 1.24 bits per heavy atom. The third-order valence-electron chi connectivity index (χ3n) is 4.05. The van der Waals surface area contributed by atoms with Crippen molar-refractivity contribution in [2.75, 3.05) is 7.05 Å². The predicted molar refractivity (Wildman–Crippen MR) is 79.8 cm³/mol. The highest BCUT2D eigenvalue weighted by Gasteiger charge is 2.37. The van der Waals surface area contributed by atoms with Crippen LogP contribution in [0.1, 0.15) is 38.7 Å². The van der Waals surface area contributed by atoms with Gasteiger partial charge in [-0.15, -0.1) is 0 Å². The molecule has 0 atom stereocenters. The number of rotatable bonds is 7. The van der Waals surface area contributed by atoms with Crippen molar-refractivity contribution in [3.63, 3.8) is 0 Å². The number of aliphatic carboxylic acids is 1. The molecule has 5 heteroatoms. The molecule has 1 aromatic rings. The Morgan fingerprint density at radius 2 is 1.86 bits per heavy atom. The quantitative estimate of drug-likeness (QED) is 0.810. The summed E-state index contributed by atoms with van der Waals surface area (Å²) in [5, 5.41) is 18.8. The molecule has 5 nitrogen and oxygen atoms in total. The van der Waals surface area contributed by atoms with Crippen LogP contribution in [-0.4, -0.2) is 34.0 Å². The van der Waals surface area contributed by atoms with Crippen molar-refractivity contribution in [1.82, 2.24) is 4.90 Å². The summed E-state index contributed by atoms with van der Waals surface area (Å²) in [6.45, 7) is 3.93. The van der Waals surface area contributed by atoms with Crippen LogP contribution < -0.4 is 0 Å². The number of hydrogen-bond donors (Lipinski definition) is 2. The molecule has 0 aliphatic rings. The number of phenolic OH excluding ortho intramolecular Hbond substituents is 1. The number of aromatic hydroxyl groups is 1. The zero-order valence-electron chi connectivity index (χ0n) is 12.8. The van der Waals surface area contributed by atoms with Crippen LogP contribution in [0.5, 0.6) is 5.75 Å². The van der Waals surface area contributed by atoms with Crippen LogP contribution in [0, 0.1) is 5.41 Å². The molecule has 0 aliphatic heterocycles. The van der Waals surface area contributed by atoms with Gasteiger partial charge in [-0.25, -0.2) is 0 Å². The number of carbonyl (C=O) groups is 2. The zero-order chi connectivity index (χ0) is 16.0. The van der Waals surface area contributed by atoms with Gasteiger partial charge >= 0.3 is 5.97 Å². The van der Waals surface area contributed by atoms with Gasteiger partial charge in [0.2, 0.25) is 5.91 Å². The van der Waals surface area contributed by atoms with E-state index in [-0.39, 0.29) is 18.1 Å². The van der Waals surface area contributed by atoms with Crippen molar-refractivity contribution in [2.45, 2.75) is 39.7 Å². The van der Waals surface area contributed by atoms with Crippen LogP contribution in [0.2, 0.25) is 0 Å². The molecule has 116 valence electrons. The van der Waals surface area contributed by atoms with E-state index in [4.69, 9.17) is 0 Å². The Labute approximate surface area is 125 Å². The Morgan fingerprint density at radius 3 is 2.33 bits per heavy atom. The van der Waals surface area contributed by atoms with Crippen molar-refractivity contribution in [3.8, 4) is 5.75 Å². The fraction of sp³-hybridized carbons (Fsp3) is 0.500. The molecule has 1 rings (SSSR count).